The number of hydrogen-bond acceptors (Lipinski definition) is 2. The molecule has 0 aliphatic rings. The molecule has 1 unspecified atom stereocenters. The zero-order valence-corrected chi connectivity index (χ0v) is 13.4. The molecular formula is C22H20O2. The standard InChI is InChI=1S/C22H20O2/c23-20(15-14-18-8-3-1-4-9-18)16-19-10-7-13-22(17-19)24-21-11-5-2-6-12-21/h1-15,17,20,23H,16H2/b15-14+. The molecular weight excluding hydrogens is 296 g/mol. The highest BCUT2D eigenvalue weighted by molar-refractivity contribution is 5.49. The van der Waals surface area contributed by atoms with Gasteiger partial charge in [0.15, 0.2) is 0 Å². The number of hydrogen-bond donors (Lipinski definition) is 1. The fourth-order valence-corrected chi connectivity index (χ4v) is 2.46. The molecule has 2 nitrogen and oxygen atoms in total. The van der Waals surface area contributed by atoms with Crippen LogP contribution in [0.3, 0.4) is 0 Å². The summed E-state index contributed by atoms with van der Waals surface area (Å²) in [6.07, 6.45) is 3.78. The van der Waals surface area contributed by atoms with Gasteiger partial charge < -0.3 is 9.84 Å². The Morgan fingerprint density at radius 2 is 1.46 bits per heavy atom. The molecule has 0 amide bonds. The van der Waals surface area contributed by atoms with Crippen LogP contribution < -0.4 is 4.74 Å². The molecule has 1 atom stereocenters. The smallest absolute Gasteiger partial charge is 0.127 e. The van der Waals surface area contributed by atoms with Crippen molar-refractivity contribution in [1.29, 1.82) is 0 Å². The van der Waals surface area contributed by atoms with E-state index in [4.69, 9.17) is 4.74 Å². The highest BCUT2D eigenvalue weighted by Gasteiger charge is 2.04. The van der Waals surface area contributed by atoms with Gasteiger partial charge in [-0.2, -0.15) is 0 Å². The molecule has 0 saturated carbocycles. The fourth-order valence-electron chi connectivity index (χ4n) is 2.46. The van der Waals surface area contributed by atoms with E-state index in [2.05, 4.69) is 0 Å². The van der Waals surface area contributed by atoms with Gasteiger partial charge in [-0.15, -0.1) is 0 Å². The van der Waals surface area contributed by atoms with Crippen LogP contribution in [0.15, 0.2) is 91.0 Å². The SMILES string of the molecule is OC(/C=C/c1ccccc1)Cc1cccc(Oc2ccccc2)c1. The quantitative estimate of drug-likeness (QED) is 0.686. The van der Waals surface area contributed by atoms with Crippen molar-refractivity contribution >= 4 is 6.08 Å². The van der Waals surface area contributed by atoms with Crippen molar-refractivity contribution in [3.63, 3.8) is 0 Å². The van der Waals surface area contributed by atoms with Gasteiger partial charge in [0.2, 0.25) is 0 Å². The Hall–Kier alpha value is -2.84. The van der Waals surface area contributed by atoms with Crippen LogP contribution in [0.4, 0.5) is 0 Å². The first-order valence-electron chi connectivity index (χ1n) is 8.03. The van der Waals surface area contributed by atoms with Crippen LogP contribution in [0, 0.1) is 0 Å². The van der Waals surface area contributed by atoms with E-state index in [1.54, 1.807) is 0 Å². The minimum Gasteiger partial charge on any atom is -0.457 e. The van der Waals surface area contributed by atoms with Gasteiger partial charge in [-0.05, 0) is 35.4 Å². The minimum atomic E-state index is -0.530. The zero-order chi connectivity index (χ0) is 16.6. The van der Waals surface area contributed by atoms with Crippen LogP contribution in [0.5, 0.6) is 11.5 Å². The second-order valence-electron chi connectivity index (χ2n) is 5.60. The normalized spacial score (nSPS) is 12.2. The predicted molar refractivity (Wildman–Crippen MR) is 98.1 cm³/mol. The highest BCUT2D eigenvalue weighted by Crippen LogP contribution is 2.22. The maximum absolute atomic E-state index is 10.2. The average molecular weight is 316 g/mol. The second-order valence-corrected chi connectivity index (χ2v) is 5.60. The summed E-state index contributed by atoms with van der Waals surface area (Å²) in [4.78, 5) is 0. The van der Waals surface area contributed by atoms with Crippen molar-refractivity contribution in [2.75, 3.05) is 0 Å². The molecule has 0 radical (unpaired) electrons. The molecule has 120 valence electrons. The first-order chi connectivity index (χ1) is 11.8. The molecule has 2 heteroatoms. The topological polar surface area (TPSA) is 29.5 Å². The molecule has 3 aromatic carbocycles. The summed E-state index contributed by atoms with van der Waals surface area (Å²) < 4.78 is 5.83. The fraction of sp³-hybridized carbons (Fsp3) is 0.0909. The van der Waals surface area contributed by atoms with E-state index in [1.807, 2.05) is 97.1 Å². The molecule has 0 spiro atoms. The van der Waals surface area contributed by atoms with Crippen LogP contribution in [-0.2, 0) is 6.42 Å². The summed E-state index contributed by atoms with van der Waals surface area (Å²) in [6, 6.07) is 27.5. The minimum absolute atomic E-state index is 0.530. The number of rotatable bonds is 6. The number of ether oxygens (including phenoxy) is 1. The van der Waals surface area contributed by atoms with Gasteiger partial charge >= 0.3 is 0 Å². The maximum atomic E-state index is 10.2. The number of benzene rings is 3. The van der Waals surface area contributed by atoms with E-state index in [0.29, 0.717) is 6.42 Å². The molecule has 1 N–H and O–H groups in total. The number of aliphatic hydroxyl groups excluding tert-OH is 1. The summed E-state index contributed by atoms with van der Waals surface area (Å²) in [5, 5.41) is 10.2. The predicted octanol–water partition coefficient (Wildman–Crippen LogP) is 5.10. The van der Waals surface area contributed by atoms with E-state index < -0.39 is 6.10 Å². The second kappa shape index (κ2) is 8.14. The van der Waals surface area contributed by atoms with Gasteiger partial charge in [0.25, 0.3) is 0 Å². The van der Waals surface area contributed by atoms with Crippen molar-refractivity contribution in [2.45, 2.75) is 12.5 Å². The van der Waals surface area contributed by atoms with E-state index in [9.17, 15) is 5.11 Å². The Morgan fingerprint density at radius 1 is 0.792 bits per heavy atom. The third kappa shape index (κ3) is 4.83. The summed E-state index contributed by atoms with van der Waals surface area (Å²) >= 11 is 0. The van der Waals surface area contributed by atoms with Gasteiger partial charge in [-0.3, -0.25) is 0 Å². The summed E-state index contributed by atoms with van der Waals surface area (Å²) in [7, 11) is 0. The molecule has 0 saturated heterocycles. The Kier molecular flexibility index (Phi) is 5.44. The Bertz CT molecular complexity index is 779. The van der Waals surface area contributed by atoms with Crippen LogP contribution in [-0.4, -0.2) is 11.2 Å². The summed E-state index contributed by atoms with van der Waals surface area (Å²) in [5.74, 6) is 1.58. The number of aliphatic hydroxyl groups is 1. The van der Waals surface area contributed by atoms with Crippen molar-refractivity contribution in [1.82, 2.24) is 0 Å². The van der Waals surface area contributed by atoms with Gasteiger partial charge in [-0.25, -0.2) is 0 Å². The van der Waals surface area contributed by atoms with Crippen LogP contribution >= 0.6 is 0 Å². The molecule has 0 aromatic heterocycles. The third-order valence-corrected chi connectivity index (χ3v) is 3.63. The van der Waals surface area contributed by atoms with Gasteiger partial charge in [-0.1, -0.05) is 72.8 Å². The van der Waals surface area contributed by atoms with Crippen LogP contribution in [0.2, 0.25) is 0 Å². The lowest BCUT2D eigenvalue weighted by molar-refractivity contribution is 0.224. The third-order valence-electron chi connectivity index (χ3n) is 3.63. The Labute approximate surface area is 142 Å². The molecule has 24 heavy (non-hydrogen) atoms. The van der Waals surface area contributed by atoms with E-state index >= 15 is 0 Å². The van der Waals surface area contributed by atoms with Gasteiger partial charge in [0.05, 0.1) is 6.10 Å². The summed E-state index contributed by atoms with van der Waals surface area (Å²) in [6.45, 7) is 0. The van der Waals surface area contributed by atoms with Crippen LogP contribution in [0.25, 0.3) is 6.08 Å². The van der Waals surface area contributed by atoms with Crippen molar-refractivity contribution in [2.24, 2.45) is 0 Å². The molecule has 0 bridgehead atoms. The van der Waals surface area contributed by atoms with Crippen LogP contribution in [0.1, 0.15) is 11.1 Å². The van der Waals surface area contributed by atoms with E-state index in [0.717, 1.165) is 22.6 Å². The van der Waals surface area contributed by atoms with Crippen molar-refractivity contribution in [3.8, 4) is 11.5 Å². The molecule has 3 aromatic rings. The first kappa shape index (κ1) is 16.0. The lowest BCUT2D eigenvalue weighted by atomic mass is 10.1. The lowest BCUT2D eigenvalue weighted by Gasteiger charge is -2.09. The summed E-state index contributed by atoms with van der Waals surface area (Å²) in [5.41, 5.74) is 2.12. The number of para-hydroxylation sites is 1. The largest absolute Gasteiger partial charge is 0.457 e. The molecule has 0 fully saturated rings. The van der Waals surface area contributed by atoms with E-state index in [1.165, 1.54) is 0 Å². The van der Waals surface area contributed by atoms with E-state index in [-0.39, 0.29) is 0 Å². The highest BCUT2D eigenvalue weighted by atomic mass is 16.5. The average Bonchev–Trinajstić information content (AvgIpc) is 2.62. The molecule has 0 aliphatic heterocycles. The molecule has 0 heterocycles. The monoisotopic (exact) mass is 316 g/mol. The Morgan fingerprint density at radius 3 is 2.21 bits per heavy atom. The maximum Gasteiger partial charge on any atom is 0.127 e. The first-order valence-corrected chi connectivity index (χ1v) is 8.03. The van der Waals surface area contributed by atoms with Gasteiger partial charge in [0.1, 0.15) is 11.5 Å². The van der Waals surface area contributed by atoms with Gasteiger partial charge in [0, 0.05) is 6.42 Å². The lowest BCUT2D eigenvalue weighted by Crippen LogP contribution is -2.06. The van der Waals surface area contributed by atoms with Crippen molar-refractivity contribution in [3.05, 3.63) is 102 Å². The van der Waals surface area contributed by atoms with Crippen molar-refractivity contribution < 1.29 is 9.84 Å². The zero-order valence-electron chi connectivity index (χ0n) is 13.4. The molecule has 3 rings (SSSR count). The Balaban J connectivity index is 1.63. The molecule has 0 aliphatic carbocycles.